The molecule has 224 valence electrons. The summed E-state index contributed by atoms with van der Waals surface area (Å²) in [4.78, 5) is 23.9. The summed E-state index contributed by atoms with van der Waals surface area (Å²) >= 11 is 0. The SMILES string of the molecule is O=C(N/N=C\c1ccc(OC2OCCOC2Oc2ccc(/C=N/NC(=O)Nc3ccccc3)cc2)cc1)Nc1ccccc1. The van der Waals surface area contributed by atoms with Crippen LogP contribution < -0.4 is 31.0 Å². The van der Waals surface area contributed by atoms with Crippen molar-refractivity contribution in [1.82, 2.24) is 10.9 Å². The maximum atomic E-state index is 12.0. The quantitative estimate of drug-likeness (QED) is 0.148. The van der Waals surface area contributed by atoms with Crippen molar-refractivity contribution in [3.05, 3.63) is 120 Å². The minimum absolute atomic E-state index is 0.353. The van der Waals surface area contributed by atoms with Crippen molar-refractivity contribution in [2.75, 3.05) is 23.8 Å². The van der Waals surface area contributed by atoms with E-state index in [4.69, 9.17) is 18.9 Å². The maximum Gasteiger partial charge on any atom is 0.339 e. The number of carbonyl (C=O) groups is 2. The van der Waals surface area contributed by atoms with Gasteiger partial charge in [-0.05, 0) is 83.9 Å². The normalized spacial score (nSPS) is 16.3. The van der Waals surface area contributed by atoms with Gasteiger partial charge in [0.1, 0.15) is 11.5 Å². The van der Waals surface area contributed by atoms with E-state index >= 15 is 0 Å². The molecule has 4 aromatic carbocycles. The zero-order chi connectivity index (χ0) is 30.4. The number of nitrogens with zero attached hydrogens (tertiary/aromatic N) is 2. The Labute approximate surface area is 253 Å². The van der Waals surface area contributed by atoms with Crippen LogP contribution in [-0.4, -0.2) is 50.3 Å². The molecule has 1 aliphatic heterocycles. The Morgan fingerprint density at radius 1 is 0.591 bits per heavy atom. The van der Waals surface area contributed by atoms with Gasteiger partial charge in [-0.1, -0.05) is 36.4 Å². The summed E-state index contributed by atoms with van der Waals surface area (Å²) in [7, 11) is 0. The smallest absolute Gasteiger partial charge is 0.339 e. The highest BCUT2D eigenvalue weighted by Gasteiger charge is 2.31. The topological polar surface area (TPSA) is 144 Å². The van der Waals surface area contributed by atoms with Crippen LogP contribution in [0.2, 0.25) is 0 Å². The van der Waals surface area contributed by atoms with Crippen molar-refractivity contribution in [3.8, 4) is 11.5 Å². The van der Waals surface area contributed by atoms with Crippen LogP contribution in [0.15, 0.2) is 119 Å². The molecule has 1 heterocycles. The van der Waals surface area contributed by atoms with Gasteiger partial charge in [0.15, 0.2) is 0 Å². The fourth-order valence-corrected chi connectivity index (χ4v) is 3.89. The van der Waals surface area contributed by atoms with Crippen molar-refractivity contribution < 1.29 is 28.5 Å². The highest BCUT2D eigenvalue weighted by molar-refractivity contribution is 5.91. The number of urea groups is 2. The van der Waals surface area contributed by atoms with Gasteiger partial charge in [0.05, 0.1) is 25.6 Å². The Morgan fingerprint density at radius 3 is 1.36 bits per heavy atom. The summed E-state index contributed by atoms with van der Waals surface area (Å²) in [5, 5.41) is 13.3. The first-order valence-electron chi connectivity index (χ1n) is 13.7. The van der Waals surface area contributed by atoms with Gasteiger partial charge < -0.3 is 29.6 Å². The molecule has 12 heteroatoms. The second-order valence-electron chi connectivity index (χ2n) is 9.23. The fourth-order valence-electron chi connectivity index (χ4n) is 3.89. The summed E-state index contributed by atoms with van der Waals surface area (Å²) in [6.45, 7) is 0.707. The van der Waals surface area contributed by atoms with Crippen LogP contribution in [0.25, 0.3) is 0 Å². The third kappa shape index (κ3) is 9.41. The fraction of sp³-hybridized carbons (Fsp3) is 0.125. The summed E-state index contributed by atoms with van der Waals surface area (Å²) < 4.78 is 23.5. The number of hydrogen-bond acceptors (Lipinski definition) is 8. The van der Waals surface area contributed by atoms with E-state index in [9.17, 15) is 9.59 Å². The van der Waals surface area contributed by atoms with Gasteiger partial charge in [0.25, 0.3) is 12.6 Å². The number of carbonyl (C=O) groups excluding carboxylic acids is 2. The number of hydrogen-bond donors (Lipinski definition) is 4. The third-order valence-electron chi connectivity index (χ3n) is 5.96. The second-order valence-corrected chi connectivity index (χ2v) is 9.23. The van der Waals surface area contributed by atoms with Crippen molar-refractivity contribution in [2.24, 2.45) is 10.2 Å². The van der Waals surface area contributed by atoms with Crippen LogP contribution in [0.3, 0.4) is 0 Å². The summed E-state index contributed by atoms with van der Waals surface area (Å²) in [5.41, 5.74) is 7.68. The number of amides is 4. The molecule has 0 bridgehead atoms. The van der Waals surface area contributed by atoms with E-state index in [-0.39, 0.29) is 0 Å². The Balaban J connectivity index is 1.08. The number of rotatable bonds is 10. The number of para-hydroxylation sites is 2. The highest BCUT2D eigenvalue weighted by atomic mass is 16.8. The van der Waals surface area contributed by atoms with Crippen LogP contribution in [0.5, 0.6) is 11.5 Å². The van der Waals surface area contributed by atoms with E-state index in [1.807, 2.05) is 36.4 Å². The minimum Gasteiger partial charge on any atom is -0.458 e. The van der Waals surface area contributed by atoms with Crippen LogP contribution >= 0.6 is 0 Å². The van der Waals surface area contributed by atoms with Crippen LogP contribution in [0.1, 0.15) is 11.1 Å². The predicted molar refractivity (Wildman–Crippen MR) is 166 cm³/mol. The van der Waals surface area contributed by atoms with Crippen molar-refractivity contribution in [2.45, 2.75) is 12.6 Å². The zero-order valence-electron chi connectivity index (χ0n) is 23.5. The largest absolute Gasteiger partial charge is 0.458 e. The molecule has 0 radical (unpaired) electrons. The van der Waals surface area contributed by atoms with Gasteiger partial charge in [-0.2, -0.15) is 10.2 Å². The Bertz CT molecular complexity index is 1430. The van der Waals surface area contributed by atoms with Crippen LogP contribution in [0.4, 0.5) is 21.0 Å². The lowest BCUT2D eigenvalue weighted by molar-refractivity contribution is -0.271. The zero-order valence-corrected chi connectivity index (χ0v) is 23.5. The molecule has 4 N–H and O–H groups in total. The molecule has 1 aliphatic rings. The molecule has 0 aromatic heterocycles. The lowest BCUT2D eigenvalue weighted by Gasteiger charge is -2.31. The average Bonchev–Trinajstić information content (AvgIpc) is 3.04. The number of nitrogens with one attached hydrogen (secondary N) is 4. The van der Waals surface area contributed by atoms with Crippen molar-refractivity contribution in [1.29, 1.82) is 0 Å². The number of hydrazone groups is 2. The lowest BCUT2D eigenvalue weighted by Crippen LogP contribution is -2.45. The predicted octanol–water partition coefficient (Wildman–Crippen LogP) is 5.15. The maximum absolute atomic E-state index is 12.0. The number of benzene rings is 4. The Hall–Kier alpha value is -5.72. The molecule has 12 nitrogen and oxygen atoms in total. The van der Waals surface area contributed by atoms with Crippen molar-refractivity contribution >= 4 is 35.9 Å². The first kappa shape index (κ1) is 29.8. The second kappa shape index (κ2) is 15.5. The van der Waals surface area contributed by atoms with Gasteiger partial charge in [-0.15, -0.1) is 0 Å². The summed E-state index contributed by atoms with van der Waals surface area (Å²) in [6.07, 6.45) is 1.43. The molecule has 4 aromatic rings. The number of anilines is 2. The molecule has 44 heavy (non-hydrogen) atoms. The highest BCUT2D eigenvalue weighted by Crippen LogP contribution is 2.22. The van der Waals surface area contributed by atoms with Gasteiger partial charge in [0.2, 0.25) is 0 Å². The van der Waals surface area contributed by atoms with Gasteiger partial charge in [-0.25, -0.2) is 20.4 Å². The molecule has 2 unspecified atom stereocenters. The van der Waals surface area contributed by atoms with E-state index in [0.29, 0.717) is 36.1 Å². The standard InChI is InChI=1S/C32H30N6O6/c39-31(35-25-7-3-1-4-8-25)37-33-21-23-11-15-27(16-12-23)43-29-30(42-20-19-41-29)44-28-17-13-24(14-18-28)22-34-38-32(40)36-26-9-5-2-6-10-26/h1-18,21-22,29-30H,19-20H2,(H2,35,37,39)(H2,36,38,40)/b33-21-,34-22+. The molecule has 1 fully saturated rings. The van der Waals surface area contributed by atoms with E-state index in [1.54, 1.807) is 72.8 Å². The van der Waals surface area contributed by atoms with Gasteiger partial charge >= 0.3 is 12.1 Å². The monoisotopic (exact) mass is 594 g/mol. The molecule has 1 saturated heterocycles. The van der Waals surface area contributed by atoms with Gasteiger partial charge in [-0.3, -0.25) is 0 Å². The Kier molecular flexibility index (Phi) is 10.5. The lowest BCUT2D eigenvalue weighted by atomic mass is 10.2. The first-order chi connectivity index (χ1) is 21.6. The molecule has 2 atom stereocenters. The van der Waals surface area contributed by atoms with E-state index < -0.39 is 24.6 Å². The molecule has 4 amide bonds. The molecular formula is C32H30N6O6. The van der Waals surface area contributed by atoms with Crippen LogP contribution in [0, 0.1) is 0 Å². The molecule has 5 rings (SSSR count). The average molecular weight is 595 g/mol. The minimum atomic E-state index is -0.805. The summed E-state index contributed by atoms with van der Waals surface area (Å²) in [6, 6.07) is 31.4. The summed E-state index contributed by atoms with van der Waals surface area (Å²) in [5.74, 6) is 1.08. The molecular weight excluding hydrogens is 564 g/mol. The van der Waals surface area contributed by atoms with E-state index in [0.717, 1.165) is 11.1 Å². The molecule has 0 aliphatic carbocycles. The van der Waals surface area contributed by atoms with E-state index in [1.165, 1.54) is 12.4 Å². The van der Waals surface area contributed by atoms with E-state index in [2.05, 4.69) is 31.7 Å². The van der Waals surface area contributed by atoms with Crippen molar-refractivity contribution in [3.63, 3.8) is 0 Å². The van der Waals surface area contributed by atoms with Crippen LogP contribution in [-0.2, 0) is 9.47 Å². The molecule has 0 spiro atoms. The molecule has 0 saturated carbocycles. The Morgan fingerprint density at radius 2 is 0.977 bits per heavy atom. The number of ether oxygens (including phenoxy) is 4. The third-order valence-corrected chi connectivity index (χ3v) is 5.96. The van der Waals surface area contributed by atoms with Gasteiger partial charge in [0, 0.05) is 11.4 Å². The first-order valence-corrected chi connectivity index (χ1v) is 13.7.